The third-order valence-corrected chi connectivity index (χ3v) is 2.60. The van der Waals surface area contributed by atoms with Gasteiger partial charge < -0.3 is 10.5 Å². The van der Waals surface area contributed by atoms with Gasteiger partial charge >= 0.3 is 5.97 Å². The van der Waals surface area contributed by atoms with Gasteiger partial charge in [0.2, 0.25) is 0 Å². The molecule has 5 heteroatoms. The van der Waals surface area contributed by atoms with E-state index in [0.29, 0.717) is 0 Å². The van der Waals surface area contributed by atoms with E-state index in [1.165, 1.54) is 21.0 Å². The molecule has 1 rings (SSSR count). The molecule has 2 N–H and O–H groups in total. The summed E-state index contributed by atoms with van der Waals surface area (Å²) in [6.07, 6.45) is -0.219. The highest BCUT2D eigenvalue weighted by atomic mass is 19.1. The summed E-state index contributed by atoms with van der Waals surface area (Å²) in [5.41, 5.74) is 4.69. The molecule has 1 aromatic carbocycles. The lowest BCUT2D eigenvalue weighted by Crippen LogP contribution is -2.37. The molecule has 0 aromatic heterocycles. The van der Waals surface area contributed by atoms with Crippen molar-refractivity contribution >= 4 is 5.97 Å². The van der Waals surface area contributed by atoms with Crippen molar-refractivity contribution in [2.75, 3.05) is 7.11 Å². The third kappa shape index (κ3) is 3.00. The predicted octanol–water partition coefficient (Wildman–Crippen LogP) is 2.01. The number of hydrogen-bond acceptors (Lipinski definition) is 3. The fraction of sp³-hybridized carbons (Fsp3) is 0.417. The Morgan fingerprint density at radius 2 is 2.00 bits per heavy atom. The fourth-order valence-corrected chi connectivity index (χ4v) is 1.55. The van der Waals surface area contributed by atoms with Gasteiger partial charge in [-0.25, -0.2) is 8.78 Å². The predicted molar refractivity (Wildman–Crippen MR) is 59.3 cm³/mol. The van der Waals surface area contributed by atoms with E-state index in [-0.39, 0.29) is 17.5 Å². The van der Waals surface area contributed by atoms with Crippen LogP contribution in [-0.2, 0) is 15.1 Å². The molecule has 0 aliphatic heterocycles. The van der Waals surface area contributed by atoms with Crippen LogP contribution in [0.25, 0.3) is 0 Å². The first kappa shape index (κ1) is 13.6. The Balaban J connectivity index is 3.14. The van der Waals surface area contributed by atoms with Crippen LogP contribution in [0.2, 0.25) is 0 Å². The van der Waals surface area contributed by atoms with Crippen molar-refractivity contribution < 1.29 is 18.3 Å². The molecule has 1 aromatic rings. The number of hydrogen-bond donors (Lipinski definition) is 1. The lowest BCUT2D eigenvalue weighted by Gasteiger charge is -2.24. The van der Waals surface area contributed by atoms with Crippen LogP contribution in [0.1, 0.15) is 24.5 Å². The van der Waals surface area contributed by atoms with Gasteiger partial charge in [-0.1, -0.05) is 0 Å². The number of halogens is 2. The summed E-state index contributed by atoms with van der Waals surface area (Å²) < 4.78 is 31.5. The Labute approximate surface area is 98.6 Å². The average Bonchev–Trinajstić information content (AvgIpc) is 2.22. The summed E-state index contributed by atoms with van der Waals surface area (Å²) in [5, 5.41) is 0. The Bertz CT molecular complexity index is 444. The number of ether oxygens (including phenoxy) is 1. The number of rotatable bonds is 3. The van der Waals surface area contributed by atoms with Crippen LogP contribution in [0.5, 0.6) is 0 Å². The Morgan fingerprint density at radius 1 is 1.41 bits per heavy atom. The molecule has 1 unspecified atom stereocenters. The van der Waals surface area contributed by atoms with Crippen LogP contribution in [0.15, 0.2) is 12.1 Å². The fourth-order valence-electron chi connectivity index (χ4n) is 1.55. The van der Waals surface area contributed by atoms with Gasteiger partial charge in [0.05, 0.1) is 19.1 Å². The molecule has 0 bridgehead atoms. The van der Waals surface area contributed by atoms with Gasteiger partial charge in [0.1, 0.15) is 11.6 Å². The molecular weight excluding hydrogens is 228 g/mol. The molecule has 3 nitrogen and oxygen atoms in total. The number of methoxy groups -OCH3 is 1. The molecule has 94 valence electrons. The van der Waals surface area contributed by atoms with Crippen molar-refractivity contribution in [3.05, 3.63) is 34.9 Å². The lowest BCUT2D eigenvalue weighted by atomic mass is 9.88. The first-order valence-electron chi connectivity index (χ1n) is 5.09. The number of benzene rings is 1. The van der Waals surface area contributed by atoms with Gasteiger partial charge in [-0.2, -0.15) is 0 Å². The molecule has 0 heterocycles. The molecule has 0 radical (unpaired) electrons. The minimum absolute atomic E-state index is 0.0361. The maximum atomic E-state index is 13.7. The Kier molecular flexibility index (Phi) is 3.83. The average molecular weight is 243 g/mol. The van der Waals surface area contributed by atoms with Gasteiger partial charge in [0.25, 0.3) is 0 Å². The number of nitrogens with two attached hydrogens (primary N) is 1. The van der Waals surface area contributed by atoms with Crippen LogP contribution >= 0.6 is 0 Å². The summed E-state index contributed by atoms with van der Waals surface area (Å²) in [6.45, 7) is 2.91. The van der Waals surface area contributed by atoms with Crippen molar-refractivity contribution in [2.24, 2.45) is 5.73 Å². The second-order valence-corrected chi connectivity index (χ2v) is 4.25. The third-order valence-electron chi connectivity index (χ3n) is 2.60. The second-order valence-electron chi connectivity index (χ2n) is 4.25. The number of esters is 1. The smallest absolute Gasteiger partial charge is 0.307 e. The minimum Gasteiger partial charge on any atom is -0.469 e. The highest BCUT2D eigenvalue weighted by Gasteiger charge is 2.29. The van der Waals surface area contributed by atoms with Gasteiger partial charge in [-0.05, 0) is 31.5 Å². The summed E-state index contributed by atoms with van der Waals surface area (Å²) >= 11 is 0. The molecule has 0 amide bonds. The summed E-state index contributed by atoms with van der Waals surface area (Å²) in [6, 6.07) is 2.08. The van der Waals surface area contributed by atoms with Crippen LogP contribution in [0, 0.1) is 18.6 Å². The molecule has 0 spiro atoms. The Morgan fingerprint density at radius 3 is 2.53 bits per heavy atom. The largest absolute Gasteiger partial charge is 0.469 e. The quantitative estimate of drug-likeness (QED) is 0.826. The van der Waals surface area contributed by atoms with Crippen molar-refractivity contribution in [3.63, 3.8) is 0 Å². The highest BCUT2D eigenvalue weighted by molar-refractivity contribution is 5.71. The first-order valence-corrected chi connectivity index (χ1v) is 5.09. The SMILES string of the molecule is COC(=O)CC(C)(N)c1cc(F)c(C)cc1F. The van der Waals surface area contributed by atoms with E-state index >= 15 is 0 Å². The van der Waals surface area contributed by atoms with Crippen molar-refractivity contribution in [1.82, 2.24) is 0 Å². The highest BCUT2D eigenvalue weighted by Crippen LogP contribution is 2.26. The monoisotopic (exact) mass is 243 g/mol. The summed E-state index contributed by atoms with van der Waals surface area (Å²) in [5.74, 6) is -1.75. The number of carbonyl (C=O) groups excluding carboxylic acids is 1. The molecule has 1 atom stereocenters. The minimum atomic E-state index is -1.30. The van der Waals surface area contributed by atoms with Gasteiger partial charge in [-0.15, -0.1) is 0 Å². The maximum absolute atomic E-state index is 13.7. The van der Waals surface area contributed by atoms with E-state index in [9.17, 15) is 13.6 Å². The van der Waals surface area contributed by atoms with E-state index in [2.05, 4.69) is 4.74 Å². The Hall–Kier alpha value is -1.49. The molecule has 0 fully saturated rings. The normalized spacial score (nSPS) is 14.2. The van der Waals surface area contributed by atoms with Gasteiger partial charge in [-0.3, -0.25) is 4.79 Å². The molecule has 17 heavy (non-hydrogen) atoms. The summed E-state index contributed by atoms with van der Waals surface area (Å²) in [7, 11) is 1.21. The standard InChI is InChI=1S/C12H15F2NO2/c1-7-4-10(14)8(5-9(7)13)12(2,15)6-11(16)17-3/h4-5H,6,15H2,1-3H3. The lowest BCUT2D eigenvalue weighted by molar-refractivity contribution is -0.142. The number of carbonyl (C=O) groups is 1. The van der Waals surface area contributed by atoms with Crippen LogP contribution in [0.4, 0.5) is 8.78 Å². The topological polar surface area (TPSA) is 52.3 Å². The zero-order chi connectivity index (χ0) is 13.2. The second kappa shape index (κ2) is 4.79. The van der Waals surface area contributed by atoms with Gasteiger partial charge in [0.15, 0.2) is 0 Å². The van der Waals surface area contributed by atoms with E-state index in [1.807, 2.05) is 0 Å². The van der Waals surface area contributed by atoms with Crippen molar-refractivity contribution in [3.8, 4) is 0 Å². The molecule has 0 saturated heterocycles. The molecular formula is C12H15F2NO2. The molecule has 0 saturated carbocycles. The van der Waals surface area contributed by atoms with E-state index in [1.54, 1.807) is 0 Å². The van der Waals surface area contributed by atoms with E-state index in [4.69, 9.17) is 5.73 Å². The molecule has 0 aliphatic rings. The van der Waals surface area contributed by atoms with E-state index in [0.717, 1.165) is 12.1 Å². The van der Waals surface area contributed by atoms with Crippen LogP contribution < -0.4 is 5.73 Å². The summed E-state index contributed by atoms with van der Waals surface area (Å²) in [4.78, 5) is 11.1. The first-order chi connectivity index (χ1) is 7.77. The van der Waals surface area contributed by atoms with Gasteiger partial charge in [0, 0.05) is 5.56 Å². The van der Waals surface area contributed by atoms with E-state index < -0.39 is 23.1 Å². The van der Waals surface area contributed by atoms with Crippen molar-refractivity contribution in [1.29, 1.82) is 0 Å². The number of aryl methyl sites for hydroxylation is 1. The van der Waals surface area contributed by atoms with Crippen LogP contribution in [-0.4, -0.2) is 13.1 Å². The van der Waals surface area contributed by atoms with Crippen molar-refractivity contribution in [2.45, 2.75) is 25.8 Å². The van der Waals surface area contributed by atoms with Crippen LogP contribution in [0.3, 0.4) is 0 Å². The zero-order valence-electron chi connectivity index (χ0n) is 10.0. The maximum Gasteiger partial charge on any atom is 0.307 e. The zero-order valence-corrected chi connectivity index (χ0v) is 10.0. The molecule has 0 aliphatic carbocycles.